The van der Waals surface area contributed by atoms with Gasteiger partial charge in [-0.2, -0.15) is 0 Å². The van der Waals surface area contributed by atoms with E-state index in [-0.39, 0.29) is 23.5 Å². The van der Waals surface area contributed by atoms with Gasteiger partial charge in [0, 0.05) is 16.8 Å². The first kappa shape index (κ1) is 33.7. The highest BCUT2D eigenvalue weighted by Gasteiger charge is 2.29. The molecule has 0 fully saturated rings. The van der Waals surface area contributed by atoms with Crippen molar-refractivity contribution in [3.05, 3.63) is 125 Å². The van der Waals surface area contributed by atoms with Gasteiger partial charge < -0.3 is 28.4 Å². The Labute approximate surface area is 288 Å². The van der Waals surface area contributed by atoms with Crippen LogP contribution in [0.5, 0.6) is 34.5 Å². The Morgan fingerprint density at radius 2 is 0.739 bits per heavy atom. The molecule has 0 radical (unpaired) electrons. The van der Waals surface area contributed by atoms with E-state index in [0.717, 1.165) is 34.5 Å². The Hall–Kier alpha value is -3.70. The fourth-order valence-electron chi connectivity index (χ4n) is 4.63. The van der Waals surface area contributed by atoms with Gasteiger partial charge in [-0.25, -0.2) is 0 Å². The molecule has 0 saturated heterocycles. The van der Waals surface area contributed by atoms with Crippen LogP contribution in [-0.4, -0.2) is 25.8 Å². The van der Waals surface area contributed by atoms with E-state index in [1.165, 1.54) is 18.3 Å². The Morgan fingerprint density at radius 3 is 1.07 bits per heavy atom. The number of hydrogen-bond donors (Lipinski definition) is 0. The first-order valence-electron chi connectivity index (χ1n) is 15.2. The van der Waals surface area contributed by atoms with Gasteiger partial charge in [0.05, 0.1) is 10.9 Å². The van der Waals surface area contributed by atoms with Crippen LogP contribution in [0, 0.1) is 3.57 Å². The molecule has 5 aromatic carbocycles. The molecule has 0 N–H and O–H groups in total. The van der Waals surface area contributed by atoms with E-state index >= 15 is 0 Å². The van der Waals surface area contributed by atoms with E-state index in [4.69, 9.17) is 28.4 Å². The molecule has 238 valence electrons. The Bertz CT molecular complexity index is 1520. The second kappa shape index (κ2) is 16.7. The van der Waals surface area contributed by atoms with Crippen molar-refractivity contribution in [2.45, 2.75) is 55.0 Å². The van der Waals surface area contributed by atoms with Crippen LogP contribution in [0.2, 0.25) is 0 Å². The van der Waals surface area contributed by atoms with Crippen molar-refractivity contribution in [2.75, 3.05) is 13.2 Å². The number of rotatable bonds is 15. The maximum Gasteiger partial charge on any atom is 0.196 e. The van der Waals surface area contributed by atoms with Crippen LogP contribution >= 0.6 is 22.6 Å². The molecule has 0 bridgehead atoms. The lowest BCUT2D eigenvalue weighted by molar-refractivity contribution is -0.0616. The summed E-state index contributed by atoms with van der Waals surface area (Å²) in [4.78, 5) is 3.61. The van der Waals surface area contributed by atoms with Gasteiger partial charge in [-0.15, -0.1) is 0 Å². The molecule has 0 saturated carbocycles. The van der Waals surface area contributed by atoms with Crippen molar-refractivity contribution >= 4 is 33.5 Å². The molecule has 0 aliphatic heterocycles. The Balaban J connectivity index is 1.29. The van der Waals surface area contributed by atoms with Gasteiger partial charge in [-0.1, -0.05) is 0 Å². The summed E-state index contributed by atoms with van der Waals surface area (Å²) in [6.07, 6.45) is -0.605. The molecule has 0 heterocycles. The summed E-state index contributed by atoms with van der Waals surface area (Å²) in [5, 5.41) is 0. The monoisotopic (exact) mass is 749 g/mol. The third-order valence-electron chi connectivity index (χ3n) is 6.69. The van der Waals surface area contributed by atoms with Gasteiger partial charge in [-0.3, -0.25) is 0 Å². The van der Waals surface area contributed by atoms with Crippen molar-refractivity contribution in [3.8, 4) is 34.5 Å². The number of ether oxygens (including phenoxy) is 6. The van der Waals surface area contributed by atoms with Crippen LogP contribution in [0.1, 0.15) is 27.7 Å². The van der Waals surface area contributed by atoms with Gasteiger partial charge in [0.25, 0.3) is 0 Å². The quantitative estimate of drug-likeness (QED) is 0.0604. The molecule has 46 heavy (non-hydrogen) atoms. The minimum atomic E-state index is -0.325. The van der Waals surface area contributed by atoms with Crippen LogP contribution in [0.4, 0.5) is 0 Å². The molecule has 0 aliphatic carbocycles. The maximum absolute atomic E-state index is 6.14. The van der Waals surface area contributed by atoms with E-state index in [1.54, 1.807) is 0 Å². The van der Waals surface area contributed by atoms with Gasteiger partial charge in [0.1, 0.15) is 34.5 Å². The molecule has 0 spiro atoms. The molecular formula is C38H38IO6S+. The lowest BCUT2D eigenvalue weighted by Gasteiger charge is -2.14. The third-order valence-corrected chi connectivity index (χ3v) is 9.64. The highest BCUT2D eigenvalue weighted by Crippen LogP contribution is 2.35. The highest BCUT2D eigenvalue weighted by atomic mass is 127. The largest absolute Gasteiger partial charge is 0.465 e. The summed E-state index contributed by atoms with van der Waals surface area (Å²) >= 11 is 2.34. The van der Waals surface area contributed by atoms with Crippen LogP contribution in [0.25, 0.3) is 0 Å². The molecule has 0 amide bonds. The Morgan fingerprint density at radius 1 is 0.457 bits per heavy atom. The van der Waals surface area contributed by atoms with Crippen molar-refractivity contribution < 1.29 is 28.4 Å². The standard InChI is InChI=1S/C38H38IO6S/c1-5-40-27(3)42-30-9-13-32(14-10-30)44-34-17-23-37(24-18-34)46(36-21-7-29(39)8-22-36)38-25-19-35(20-26-38)45-33-15-11-31(12-16-33)43-28(4)41-6-2/h7-28H,5-6H2,1-4H3/q+1. The van der Waals surface area contributed by atoms with Gasteiger partial charge in [0.15, 0.2) is 27.3 Å². The first-order chi connectivity index (χ1) is 22.4. The zero-order valence-corrected chi connectivity index (χ0v) is 29.3. The summed E-state index contributed by atoms with van der Waals surface area (Å²) in [6, 6.07) is 40.4. The van der Waals surface area contributed by atoms with Crippen LogP contribution in [-0.2, 0) is 20.4 Å². The number of hydrogen-bond acceptors (Lipinski definition) is 6. The minimum Gasteiger partial charge on any atom is -0.465 e. The molecule has 2 unspecified atom stereocenters. The average molecular weight is 750 g/mol. The number of halogens is 1. The second-order valence-electron chi connectivity index (χ2n) is 10.1. The van der Waals surface area contributed by atoms with Crippen LogP contribution in [0.15, 0.2) is 136 Å². The van der Waals surface area contributed by atoms with E-state index in [9.17, 15) is 0 Å². The summed E-state index contributed by atoms with van der Waals surface area (Å²) in [5.74, 6) is 4.46. The Kier molecular flexibility index (Phi) is 12.2. The predicted molar refractivity (Wildman–Crippen MR) is 191 cm³/mol. The van der Waals surface area contributed by atoms with Crippen molar-refractivity contribution in [1.29, 1.82) is 0 Å². The topological polar surface area (TPSA) is 55.4 Å². The molecule has 5 aromatic rings. The van der Waals surface area contributed by atoms with Crippen molar-refractivity contribution in [2.24, 2.45) is 0 Å². The highest BCUT2D eigenvalue weighted by molar-refractivity contribution is 14.1. The summed E-state index contributed by atoms with van der Waals surface area (Å²) in [7, 11) is -0.325. The molecular weight excluding hydrogens is 711 g/mol. The summed E-state index contributed by atoms with van der Waals surface area (Å²) < 4.78 is 35.9. The predicted octanol–water partition coefficient (Wildman–Crippen LogP) is 10.5. The van der Waals surface area contributed by atoms with E-state index in [0.29, 0.717) is 13.2 Å². The average Bonchev–Trinajstić information content (AvgIpc) is 3.06. The van der Waals surface area contributed by atoms with Crippen molar-refractivity contribution in [3.63, 3.8) is 0 Å². The van der Waals surface area contributed by atoms with Gasteiger partial charge >= 0.3 is 0 Å². The van der Waals surface area contributed by atoms with Gasteiger partial charge in [0.2, 0.25) is 0 Å². The fraction of sp³-hybridized carbons (Fsp3) is 0.211. The zero-order chi connectivity index (χ0) is 32.3. The summed E-state index contributed by atoms with van der Waals surface area (Å²) in [6.45, 7) is 8.85. The van der Waals surface area contributed by atoms with E-state index in [1.807, 2.05) is 100 Å². The van der Waals surface area contributed by atoms with Crippen LogP contribution < -0.4 is 18.9 Å². The van der Waals surface area contributed by atoms with Crippen LogP contribution in [0.3, 0.4) is 0 Å². The van der Waals surface area contributed by atoms with E-state index < -0.39 is 0 Å². The zero-order valence-electron chi connectivity index (χ0n) is 26.4. The summed E-state index contributed by atoms with van der Waals surface area (Å²) in [5.41, 5.74) is 0. The first-order valence-corrected chi connectivity index (χ1v) is 17.5. The maximum atomic E-state index is 6.14. The molecule has 6 nitrogen and oxygen atoms in total. The van der Waals surface area contributed by atoms with Crippen molar-refractivity contribution in [1.82, 2.24) is 0 Å². The molecule has 0 aromatic heterocycles. The molecule has 8 heteroatoms. The third kappa shape index (κ3) is 9.65. The molecule has 2 atom stereocenters. The SMILES string of the molecule is CCOC(C)Oc1ccc(Oc2ccc([S+](c3ccc(I)cc3)c3ccc(Oc4ccc(OC(C)OCC)cc4)cc3)cc2)cc1. The normalized spacial score (nSPS) is 13.0. The molecule has 0 aliphatic rings. The lowest BCUT2D eigenvalue weighted by Crippen LogP contribution is -2.15. The molecule has 5 rings (SSSR count). The minimum absolute atomic E-state index is 0.303. The number of benzene rings is 5. The second-order valence-corrected chi connectivity index (χ2v) is 13.4. The smallest absolute Gasteiger partial charge is 0.196 e. The van der Waals surface area contributed by atoms with E-state index in [2.05, 4.69) is 71.1 Å². The fourth-order valence-corrected chi connectivity index (χ4v) is 7.03. The van der Waals surface area contributed by atoms with Gasteiger partial charge in [-0.05, 0) is 172 Å². The lowest BCUT2D eigenvalue weighted by atomic mass is 10.3.